The molecule has 14 atom stereocenters. The molecule has 2 amide bonds. The van der Waals surface area contributed by atoms with Crippen molar-refractivity contribution in [2.45, 2.75) is 87.6 Å². The van der Waals surface area contributed by atoms with Crippen LogP contribution in [0.25, 0.3) is 0 Å². The summed E-state index contributed by atoms with van der Waals surface area (Å²) < 4.78 is 31.3. The van der Waals surface area contributed by atoms with Crippen LogP contribution in [0.15, 0.2) is 24.3 Å². The molecule has 1 aromatic carbocycles. The molecule has 5 N–H and O–H groups in total. The molecule has 13 nitrogen and oxygen atoms in total. The highest BCUT2D eigenvalue weighted by atomic mass is 16.5. The number of ether oxygens (including phenoxy) is 5. The maximum atomic E-state index is 14.0. The van der Waals surface area contributed by atoms with E-state index in [1.165, 1.54) is 0 Å². The number of likely N-dealkylation sites (N-methyl/N-ethyl adjacent to an activating group) is 1. The normalized spacial score (nSPS) is 44.4. The third kappa shape index (κ3) is 4.46. The summed E-state index contributed by atoms with van der Waals surface area (Å²) in [5.74, 6) is -3.02. The average molecular weight is 700 g/mol. The molecule has 1 heterocycles. The highest BCUT2D eigenvalue weighted by molar-refractivity contribution is 6.02. The number of piperidine rings is 1. The predicted molar refractivity (Wildman–Crippen MR) is 180 cm³/mol. The van der Waals surface area contributed by atoms with Crippen molar-refractivity contribution in [3.63, 3.8) is 0 Å². The van der Waals surface area contributed by atoms with Gasteiger partial charge in [-0.2, -0.15) is 0 Å². The third-order valence-electron chi connectivity index (χ3n) is 14.2. The van der Waals surface area contributed by atoms with Gasteiger partial charge in [0.05, 0.1) is 48.3 Å². The van der Waals surface area contributed by atoms with Crippen LogP contribution < -0.4 is 11.1 Å². The van der Waals surface area contributed by atoms with E-state index in [1.54, 1.807) is 59.6 Å². The van der Waals surface area contributed by atoms with Crippen LogP contribution in [0.3, 0.4) is 0 Å². The van der Waals surface area contributed by atoms with E-state index in [2.05, 4.69) is 17.1 Å². The van der Waals surface area contributed by atoms with Crippen LogP contribution in [-0.2, 0) is 33.3 Å². The van der Waals surface area contributed by atoms with Crippen molar-refractivity contribution in [3.05, 3.63) is 29.8 Å². The number of likely N-dealkylation sites (tertiary alicyclic amines) is 1. The fourth-order valence-corrected chi connectivity index (χ4v) is 12.7. The highest BCUT2D eigenvalue weighted by Gasteiger charge is 2.91. The summed E-state index contributed by atoms with van der Waals surface area (Å²) in [4.78, 5) is 40.5. The second-order valence-electron chi connectivity index (χ2n) is 15.9. The summed E-state index contributed by atoms with van der Waals surface area (Å²) >= 11 is 0. The highest BCUT2D eigenvalue weighted by Crippen LogP contribution is 2.80. The number of para-hydroxylation sites is 1. The first-order chi connectivity index (χ1) is 23.8. The average Bonchev–Trinajstić information content (AvgIpc) is 3.52. The molecule has 276 valence electrons. The van der Waals surface area contributed by atoms with E-state index >= 15 is 0 Å². The number of primary amides is 1. The van der Waals surface area contributed by atoms with Gasteiger partial charge in [0.1, 0.15) is 11.2 Å². The number of nitrogens with two attached hydrogens (primary N) is 1. The summed E-state index contributed by atoms with van der Waals surface area (Å²) in [7, 11) is 6.69. The van der Waals surface area contributed by atoms with Gasteiger partial charge in [0.2, 0.25) is 11.8 Å². The van der Waals surface area contributed by atoms with E-state index in [9.17, 15) is 24.6 Å². The van der Waals surface area contributed by atoms with E-state index in [-0.39, 0.29) is 72.7 Å². The summed E-state index contributed by atoms with van der Waals surface area (Å²) in [6.45, 7) is 4.84. The maximum Gasteiger partial charge on any atom is 0.340 e. The van der Waals surface area contributed by atoms with Gasteiger partial charge >= 0.3 is 5.97 Å². The first kappa shape index (κ1) is 35.7. The van der Waals surface area contributed by atoms with Gasteiger partial charge < -0.3 is 44.9 Å². The van der Waals surface area contributed by atoms with Crippen molar-refractivity contribution in [3.8, 4) is 0 Å². The van der Waals surface area contributed by atoms with Crippen molar-refractivity contribution in [2.24, 2.45) is 46.2 Å². The Morgan fingerprint density at radius 2 is 1.82 bits per heavy atom. The lowest BCUT2D eigenvalue weighted by Crippen LogP contribution is -2.82. The molecule has 7 bridgehead atoms. The number of hydrogen-bond donors (Lipinski definition) is 4. The van der Waals surface area contributed by atoms with Crippen molar-refractivity contribution in [1.29, 1.82) is 0 Å². The molecule has 5 saturated carbocycles. The van der Waals surface area contributed by atoms with Gasteiger partial charge in [0.15, 0.2) is 0 Å². The predicted octanol–water partition coefficient (Wildman–Crippen LogP) is 1.59. The fourth-order valence-electron chi connectivity index (χ4n) is 12.7. The van der Waals surface area contributed by atoms with Crippen molar-refractivity contribution in [2.75, 3.05) is 53.5 Å². The number of esters is 1. The standard InChI is InChI=1S/C37H53N3O10/c1-7-40-17-34(18-50-32(43)20-10-8-9-11-23(20)39-31(42)19(2)14-26(38)41)13-12-25(47-4)36-22-15-21-24(46-3)16-35(44,27(22)28(21)48-5)37(45,33(36)40)30(49-6)29(34)36/h8-11,19,21-22,24-25,27-30,33,44-45H,7,12-18H2,1-6H3,(H2,38,41)(H,39,42)/t19-,21-,22-,24+,25-,27-,28+,29-,30+,33+,34+,35-,36+,37-/m1/s1. The molecule has 6 aliphatic rings. The van der Waals surface area contributed by atoms with Crippen LogP contribution in [-0.4, -0.2) is 123 Å². The summed E-state index contributed by atoms with van der Waals surface area (Å²) in [6.07, 6.45) is 0.586. The number of hydrogen-bond acceptors (Lipinski definition) is 11. The molecule has 0 unspecified atom stereocenters. The van der Waals surface area contributed by atoms with Gasteiger partial charge in [0, 0.05) is 82.3 Å². The van der Waals surface area contributed by atoms with Crippen LogP contribution >= 0.6 is 0 Å². The third-order valence-corrected chi connectivity index (χ3v) is 14.2. The first-order valence-electron chi connectivity index (χ1n) is 18.0. The second-order valence-corrected chi connectivity index (χ2v) is 15.9. The Hall–Kier alpha value is -2.65. The summed E-state index contributed by atoms with van der Waals surface area (Å²) in [5, 5.41) is 29.3. The van der Waals surface area contributed by atoms with E-state index in [0.29, 0.717) is 25.9 Å². The van der Waals surface area contributed by atoms with Crippen molar-refractivity contribution in [1.82, 2.24) is 4.90 Å². The number of anilines is 1. The molecule has 6 fully saturated rings. The topological polar surface area (TPSA) is 179 Å². The Morgan fingerprint density at radius 3 is 2.46 bits per heavy atom. The Balaban J connectivity index is 1.29. The van der Waals surface area contributed by atoms with Crippen molar-refractivity contribution >= 4 is 23.5 Å². The number of aliphatic hydroxyl groups is 2. The fraction of sp³-hybridized carbons (Fsp3) is 0.757. The summed E-state index contributed by atoms with van der Waals surface area (Å²) in [5.41, 5.74) is 1.21. The zero-order chi connectivity index (χ0) is 36.0. The zero-order valence-corrected chi connectivity index (χ0v) is 29.9. The molecule has 1 aromatic rings. The maximum absolute atomic E-state index is 14.0. The van der Waals surface area contributed by atoms with Gasteiger partial charge in [-0.3, -0.25) is 14.5 Å². The molecule has 13 heteroatoms. The van der Waals surface area contributed by atoms with Crippen LogP contribution in [0.5, 0.6) is 0 Å². The minimum atomic E-state index is -1.70. The monoisotopic (exact) mass is 699 g/mol. The Labute approximate surface area is 293 Å². The first-order valence-corrected chi connectivity index (χ1v) is 18.0. The Morgan fingerprint density at radius 1 is 1.08 bits per heavy atom. The Kier molecular flexibility index (Phi) is 8.93. The quantitative estimate of drug-likeness (QED) is 0.233. The zero-order valence-electron chi connectivity index (χ0n) is 29.9. The number of nitrogens with one attached hydrogen (secondary N) is 1. The molecular weight excluding hydrogens is 646 g/mol. The Bertz CT molecular complexity index is 1530. The van der Waals surface area contributed by atoms with E-state index in [4.69, 9.17) is 29.4 Å². The largest absolute Gasteiger partial charge is 0.461 e. The lowest BCUT2D eigenvalue weighted by atomic mass is 9.42. The van der Waals surface area contributed by atoms with Gasteiger partial charge in [-0.25, -0.2) is 4.79 Å². The van der Waals surface area contributed by atoms with Crippen molar-refractivity contribution < 1.29 is 48.3 Å². The number of amides is 2. The van der Waals surface area contributed by atoms with Crippen LogP contribution in [0.1, 0.15) is 56.3 Å². The van der Waals surface area contributed by atoms with Crippen LogP contribution in [0.2, 0.25) is 0 Å². The number of methoxy groups -OCH3 is 4. The number of benzene rings is 1. The molecule has 50 heavy (non-hydrogen) atoms. The van der Waals surface area contributed by atoms with E-state index in [1.807, 2.05) is 0 Å². The van der Waals surface area contributed by atoms with E-state index in [0.717, 1.165) is 6.42 Å². The van der Waals surface area contributed by atoms with Gasteiger partial charge in [-0.15, -0.1) is 0 Å². The molecule has 1 aliphatic heterocycles. The van der Waals surface area contributed by atoms with Gasteiger partial charge in [0.25, 0.3) is 0 Å². The lowest BCUT2D eigenvalue weighted by Gasteiger charge is -2.70. The smallest absolute Gasteiger partial charge is 0.340 e. The number of carbonyl (C=O) groups excluding carboxylic acids is 3. The molecule has 1 spiro atoms. The van der Waals surface area contributed by atoms with Crippen LogP contribution in [0.4, 0.5) is 5.69 Å². The van der Waals surface area contributed by atoms with Gasteiger partial charge in [-0.05, 0) is 43.9 Å². The molecular formula is C37H53N3O10. The number of rotatable bonds is 12. The van der Waals surface area contributed by atoms with Gasteiger partial charge in [-0.1, -0.05) is 26.0 Å². The van der Waals surface area contributed by atoms with E-state index < -0.39 is 57.9 Å². The molecule has 7 rings (SSSR count). The number of carbonyl (C=O) groups is 3. The second kappa shape index (κ2) is 12.5. The summed E-state index contributed by atoms with van der Waals surface area (Å²) in [6, 6.07) is 6.16. The number of nitrogens with zero attached hydrogens (tertiary/aromatic N) is 1. The SMILES string of the molecule is CCN1C[C@]2(COC(=O)c3ccccc3NC(=O)[C@H](C)CC(N)=O)CC[C@@H](OC)[C@@]34[C@@H]5C[C@H]6[C@H](OC)[C@@H]5[C@](O)(C[C@@H]6OC)[C@@](O)([C@@H](OC)[C@H]23)[C@@H]14. The minimum absolute atomic E-state index is 0.0402. The minimum Gasteiger partial charge on any atom is -0.461 e. The molecule has 0 radical (unpaired) electrons. The number of fused-ring (bicyclic) bond motifs is 2. The molecule has 1 saturated heterocycles. The molecule has 5 aliphatic carbocycles. The van der Waals surface area contributed by atoms with Crippen LogP contribution in [0, 0.1) is 40.4 Å². The lowest BCUT2D eigenvalue weighted by molar-refractivity contribution is -0.320. The molecule has 0 aromatic heterocycles.